The Bertz CT molecular complexity index is 1150. The molecule has 0 radical (unpaired) electrons. The Morgan fingerprint density at radius 1 is 1.10 bits per heavy atom. The van der Waals surface area contributed by atoms with Crippen LogP contribution in [0.25, 0.3) is 11.3 Å². The van der Waals surface area contributed by atoms with Crippen LogP contribution in [0.5, 0.6) is 5.75 Å². The van der Waals surface area contributed by atoms with Crippen molar-refractivity contribution in [1.82, 2.24) is 4.98 Å². The van der Waals surface area contributed by atoms with Gasteiger partial charge in [0.25, 0.3) is 5.91 Å². The number of hydrogen-bond acceptors (Lipinski definition) is 6. The van der Waals surface area contributed by atoms with Crippen LogP contribution in [0.1, 0.15) is 20.8 Å². The molecule has 0 saturated heterocycles. The Kier molecular flexibility index (Phi) is 5.90. The number of ether oxygens (including phenoxy) is 1. The minimum Gasteiger partial charge on any atom is -0.497 e. The Morgan fingerprint density at radius 3 is 2.41 bits per heavy atom. The van der Waals surface area contributed by atoms with E-state index in [0.717, 1.165) is 33.7 Å². The number of thiazole rings is 1. The molecule has 3 aromatic rings. The molecule has 1 heterocycles. The quantitative estimate of drug-likeness (QED) is 0.613. The van der Waals surface area contributed by atoms with Crippen LogP contribution in [0.2, 0.25) is 0 Å². The third-order valence-corrected chi connectivity index (χ3v) is 5.65. The maximum atomic E-state index is 12.6. The zero-order valence-electron chi connectivity index (χ0n) is 16.4. The van der Waals surface area contributed by atoms with Crippen molar-refractivity contribution in [3.63, 3.8) is 0 Å². The highest BCUT2D eigenvalue weighted by molar-refractivity contribution is 7.92. The Morgan fingerprint density at radius 2 is 1.79 bits per heavy atom. The highest BCUT2D eigenvalue weighted by Crippen LogP contribution is 2.31. The summed E-state index contributed by atoms with van der Waals surface area (Å²) in [4.78, 5) is 18.1. The molecule has 0 aliphatic rings. The van der Waals surface area contributed by atoms with Crippen LogP contribution in [0.15, 0.2) is 42.5 Å². The molecule has 0 bridgehead atoms. The summed E-state index contributed by atoms with van der Waals surface area (Å²) in [6, 6.07) is 12.4. The molecule has 29 heavy (non-hydrogen) atoms. The second kappa shape index (κ2) is 8.22. The fourth-order valence-electron chi connectivity index (χ4n) is 2.71. The Labute approximate surface area is 173 Å². The number of amides is 1. The zero-order chi connectivity index (χ0) is 21.2. The first-order chi connectivity index (χ1) is 13.7. The van der Waals surface area contributed by atoms with Crippen molar-refractivity contribution in [2.45, 2.75) is 13.8 Å². The van der Waals surface area contributed by atoms with E-state index in [-0.39, 0.29) is 5.91 Å². The molecule has 1 aromatic heterocycles. The highest BCUT2D eigenvalue weighted by Gasteiger charge is 2.15. The average molecular weight is 432 g/mol. The lowest BCUT2D eigenvalue weighted by Crippen LogP contribution is -2.14. The number of anilines is 2. The molecule has 0 atom stereocenters. The third kappa shape index (κ3) is 5.12. The number of nitrogens with one attached hydrogen (secondary N) is 2. The van der Waals surface area contributed by atoms with Gasteiger partial charge in [0.2, 0.25) is 10.0 Å². The lowest BCUT2D eigenvalue weighted by molar-refractivity contribution is 0.102. The van der Waals surface area contributed by atoms with Crippen molar-refractivity contribution in [1.29, 1.82) is 0 Å². The fourth-order valence-corrected chi connectivity index (χ4v) is 4.16. The van der Waals surface area contributed by atoms with Crippen LogP contribution in [0, 0.1) is 13.8 Å². The monoisotopic (exact) mass is 431 g/mol. The molecule has 0 aliphatic heterocycles. The van der Waals surface area contributed by atoms with Gasteiger partial charge in [-0.15, -0.1) is 11.3 Å². The summed E-state index contributed by atoms with van der Waals surface area (Å²) in [5.41, 5.74) is 3.14. The van der Waals surface area contributed by atoms with Crippen molar-refractivity contribution in [3.8, 4) is 17.0 Å². The van der Waals surface area contributed by atoms with Gasteiger partial charge in [-0.1, -0.05) is 6.07 Å². The van der Waals surface area contributed by atoms with Gasteiger partial charge in [0, 0.05) is 16.0 Å². The van der Waals surface area contributed by atoms with Gasteiger partial charge >= 0.3 is 0 Å². The van der Waals surface area contributed by atoms with Crippen LogP contribution >= 0.6 is 11.3 Å². The number of sulfonamides is 1. The number of aryl methyl sites for hydroxylation is 2. The van der Waals surface area contributed by atoms with Crippen LogP contribution in [0.4, 0.5) is 10.8 Å². The summed E-state index contributed by atoms with van der Waals surface area (Å²) in [5, 5.41) is 3.26. The molecule has 0 saturated carbocycles. The lowest BCUT2D eigenvalue weighted by atomic mass is 10.1. The van der Waals surface area contributed by atoms with Gasteiger partial charge in [-0.2, -0.15) is 0 Å². The summed E-state index contributed by atoms with van der Waals surface area (Å²) in [7, 11) is -1.83. The van der Waals surface area contributed by atoms with E-state index in [4.69, 9.17) is 4.74 Å². The molecule has 1 amide bonds. The first-order valence-corrected chi connectivity index (χ1v) is 11.4. The predicted octanol–water partition coefficient (Wildman–Crippen LogP) is 4.06. The molecule has 9 heteroatoms. The average Bonchev–Trinajstić information content (AvgIpc) is 3.02. The number of carbonyl (C=O) groups is 1. The van der Waals surface area contributed by atoms with Gasteiger partial charge in [0.15, 0.2) is 5.13 Å². The van der Waals surface area contributed by atoms with Crippen LogP contribution < -0.4 is 14.8 Å². The number of rotatable bonds is 6. The van der Waals surface area contributed by atoms with E-state index in [2.05, 4.69) is 15.0 Å². The number of aromatic nitrogens is 1. The minimum absolute atomic E-state index is 0.334. The van der Waals surface area contributed by atoms with Gasteiger partial charge in [-0.05, 0) is 55.8 Å². The van der Waals surface area contributed by atoms with E-state index in [1.165, 1.54) is 17.4 Å². The highest BCUT2D eigenvalue weighted by atomic mass is 32.2. The normalized spacial score (nSPS) is 11.2. The molecular weight excluding hydrogens is 410 g/mol. The molecule has 0 unspecified atom stereocenters. The van der Waals surface area contributed by atoms with E-state index in [9.17, 15) is 13.2 Å². The second-order valence-corrected chi connectivity index (χ2v) is 9.46. The molecule has 0 aliphatic carbocycles. The first kappa shape index (κ1) is 20.8. The summed E-state index contributed by atoms with van der Waals surface area (Å²) >= 11 is 1.37. The van der Waals surface area contributed by atoms with Crippen molar-refractivity contribution in [2.75, 3.05) is 23.4 Å². The summed E-state index contributed by atoms with van der Waals surface area (Å²) in [5.74, 6) is 0.393. The summed E-state index contributed by atoms with van der Waals surface area (Å²) < 4.78 is 30.6. The number of benzene rings is 2. The fraction of sp³-hybridized carbons (Fsp3) is 0.200. The second-order valence-electron chi connectivity index (χ2n) is 6.51. The number of hydrogen-bond donors (Lipinski definition) is 2. The maximum absolute atomic E-state index is 12.6. The summed E-state index contributed by atoms with van der Waals surface area (Å²) in [6.45, 7) is 3.70. The molecule has 0 fully saturated rings. The van der Waals surface area contributed by atoms with E-state index < -0.39 is 10.0 Å². The van der Waals surface area contributed by atoms with Gasteiger partial charge in [0.05, 0.1) is 24.7 Å². The van der Waals surface area contributed by atoms with Gasteiger partial charge in [0.1, 0.15) is 5.75 Å². The van der Waals surface area contributed by atoms with Crippen LogP contribution in [-0.4, -0.2) is 32.7 Å². The van der Waals surface area contributed by atoms with Crippen molar-refractivity contribution >= 4 is 38.1 Å². The number of methoxy groups -OCH3 is 1. The molecule has 3 rings (SSSR count). The largest absolute Gasteiger partial charge is 0.497 e. The first-order valence-electron chi connectivity index (χ1n) is 8.68. The van der Waals surface area contributed by atoms with Crippen molar-refractivity contribution in [3.05, 3.63) is 58.5 Å². The third-order valence-electron chi connectivity index (χ3n) is 4.18. The molecule has 7 nitrogen and oxygen atoms in total. The van der Waals surface area contributed by atoms with E-state index in [1.54, 1.807) is 26.2 Å². The topological polar surface area (TPSA) is 97.4 Å². The molecule has 2 aromatic carbocycles. The molecular formula is C20H21N3O4S2. The van der Waals surface area contributed by atoms with Crippen molar-refractivity contribution < 1.29 is 17.9 Å². The van der Waals surface area contributed by atoms with Gasteiger partial charge in [-0.25, -0.2) is 13.4 Å². The number of carbonyl (C=O) groups excluding carboxylic acids is 1. The maximum Gasteiger partial charge on any atom is 0.257 e. The smallest absolute Gasteiger partial charge is 0.257 e. The SMILES string of the molecule is COc1ccc(-c2nc(NC(=O)c3ccc(C)c(NS(C)(=O)=O)c3)sc2C)cc1. The van der Waals surface area contributed by atoms with E-state index in [1.807, 2.05) is 31.2 Å². The molecule has 152 valence electrons. The van der Waals surface area contributed by atoms with Crippen LogP contribution in [0.3, 0.4) is 0 Å². The van der Waals surface area contributed by atoms with Gasteiger partial charge in [-0.3, -0.25) is 14.8 Å². The lowest BCUT2D eigenvalue weighted by Gasteiger charge is -2.09. The number of nitrogens with zero attached hydrogens (tertiary/aromatic N) is 1. The van der Waals surface area contributed by atoms with E-state index in [0.29, 0.717) is 16.4 Å². The summed E-state index contributed by atoms with van der Waals surface area (Å²) in [6.07, 6.45) is 1.07. The zero-order valence-corrected chi connectivity index (χ0v) is 18.1. The van der Waals surface area contributed by atoms with E-state index >= 15 is 0 Å². The standard InChI is InChI=1S/C20H21N3O4S2/c1-12-5-6-15(11-17(12)23-29(4,25)26)19(24)22-20-21-18(13(2)28-20)14-7-9-16(27-3)10-8-14/h5-11,23H,1-4H3,(H,21,22,24). The van der Waals surface area contributed by atoms with Crippen LogP contribution in [-0.2, 0) is 10.0 Å². The van der Waals surface area contributed by atoms with Crippen molar-refractivity contribution in [2.24, 2.45) is 0 Å². The minimum atomic E-state index is -3.44. The predicted molar refractivity (Wildman–Crippen MR) is 116 cm³/mol. The Hall–Kier alpha value is -2.91. The van der Waals surface area contributed by atoms with Gasteiger partial charge < -0.3 is 4.74 Å². The Balaban J connectivity index is 1.82. The molecule has 2 N–H and O–H groups in total. The molecule has 0 spiro atoms.